The fraction of sp³-hybridized carbons (Fsp3) is 0.318. The van der Waals surface area contributed by atoms with Gasteiger partial charge in [-0.1, -0.05) is 43.7 Å². The molecule has 136 valence electrons. The van der Waals surface area contributed by atoms with Gasteiger partial charge in [0.05, 0.1) is 6.61 Å². The van der Waals surface area contributed by atoms with Crippen LogP contribution in [0.15, 0.2) is 42.5 Å². The molecular weight excluding hydrogens is 324 g/mol. The van der Waals surface area contributed by atoms with Gasteiger partial charge in [-0.2, -0.15) is 0 Å². The number of carbonyl (C=O) groups excluding carboxylic acids is 1. The van der Waals surface area contributed by atoms with Crippen molar-refractivity contribution in [2.45, 2.75) is 40.2 Å². The van der Waals surface area contributed by atoms with E-state index in [1.165, 1.54) is 22.1 Å². The lowest BCUT2D eigenvalue weighted by Crippen LogP contribution is -2.24. The van der Waals surface area contributed by atoms with E-state index >= 15 is 0 Å². The first-order valence-electron chi connectivity index (χ1n) is 9.18. The standard InChI is InChI=1S/C22H26N2O2/c1-4-5-12-26-22(25)23-14-17-10-11-20-19(13-17)16(3)21(24-20)18-9-7-6-8-15(18)2/h6-11,13,24H,4-5,12,14H2,1-3H3,(H,23,25). The van der Waals surface area contributed by atoms with Crippen LogP contribution in [0.4, 0.5) is 4.79 Å². The topological polar surface area (TPSA) is 54.1 Å². The summed E-state index contributed by atoms with van der Waals surface area (Å²) in [5, 5.41) is 4.00. The Kier molecular flexibility index (Phi) is 5.61. The molecule has 1 amide bonds. The zero-order valence-corrected chi connectivity index (χ0v) is 15.7. The number of ether oxygens (including phenoxy) is 1. The monoisotopic (exact) mass is 350 g/mol. The largest absolute Gasteiger partial charge is 0.450 e. The van der Waals surface area contributed by atoms with Crippen molar-refractivity contribution in [2.24, 2.45) is 0 Å². The predicted molar refractivity (Wildman–Crippen MR) is 106 cm³/mol. The van der Waals surface area contributed by atoms with Crippen molar-refractivity contribution in [1.29, 1.82) is 0 Å². The second-order valence-electron chi connectivity index (χ2n) is 6.66. The van der Waals surface area contributed by atoms with Gasteiger partial charge in [0, 0.05) is 28.7 Å². The third kappa shape index (κ3) is 3.90. The fourth-order valence-electron chi connectivity index (χ4n) is 3.14. The molecule has 0 saturated heterocycles. The minimum absolute atomic E-state index is 0.357. The van der Waals surface area contributed by atoms with Crippen molar-refractivity contribution in [1.82, 2.24) is 10.3 Å². The Bertz CT molecular complexity index is 912. The number of alkyl carbamates (subject to hydrolysis) is 1. The first-order valence-corrected chi connectivity index (χ1v) is 9.18. The molecule has 4 nitrogen and oxygen atoms in total. The first-order chi connectivity index (χ1) is 12.6. The van der Waals surface area contributed by atoms with Gasteiger partial charge in [0.2, 0.25) is 0 Å². The minimum atomic E-state index is -0.357. The van der Waals surface area contributed by atoms with Crippen LogP contribution in [0.5, 0.6) is 0 Å². The van der Waals surface area contributed by atoms with Crippen molar-refractivity contribution in [3.8, 4) is 11.3 Å². The summed E-state index contributed by atoms with van der Waals surface area (Å²) in [7, 11) is 0. The third-order valence-electron chi connectivity index (χ3n) is 4.70. The Labute approximate surface area is 154 Å². The zero-order valence-electron chi connectivity index (χ0n) is 15.7. The van der Waals surface area contributed by atoms with E-state index < -0.39 is 0 Å². The number of aryl methyl sites for hydroxylation is 2. The fourth-order valence-corrected chi connectivity index (χ4v) is 3.14. The highest BCUT2D eigenvalue weighted by molar-refractivity contribution is 5.91. The van der Waals surface area contributed by atoms with E-state index in [0.717, 1.165) is 29.6 Å². The Morgan fingerprint density at radius 3 is 2.73 bits per heavy atom. The van der Waals surface area contributed by atoms with Gasteiger partial charge in [0.1, 0.15) is 0 Å². The maximum Gasteiger partial charge on any atom is 0.407 e. The number of H-pyrrole nitrogens is 1. The molecule has 3 rings (SSSR count). The second kappa shape index (κ2) is 8.09. The quantitative estimate of drug-likeness (QED) is 0.579. The number of aromatic amines is 1. The molecule has 4 heteroatoms. The molecule has 26 heavy (non-hydrogen) atoms. The third-order valence-corrected chi connectivity index (χ3v) is 4.70. The highest BCUT2D eigenvalue weighted by Crippen LogP contribution is 2.31. The van der Waals surface area contributed by atoms with Crippen molar-refractivity contribution >= 4 is 17.0 Å². The molecule has 1 heterocycles. The van der Waals surface area contributed by atoms with Crippen LogP contribution in [0, 0.1) is 13.8 Å². The molecule has 0 aliphatic carbocycles. The summed E-state index contributed by atoms with van der Waals surface area (Å²) in [6, 6.07) is 14.6. The summed E-state index contributed by atoms with van der Waals surface area (Å²) in [5.74, 6) is 0. The molecule has 0 fully saturated rings. The van der Waals surface area contributed by atoms with Gasteiger partial charge >= 0.3 is 6.09 Å². The lowest BCUT2D eigenvalue weighted by Gasteiger charge is -2.07. The molecule has 0 radical (unpaired) electrons. The van der Waals surface area contributed by atoms with E-state index in [1.807, 2.05) is 6.07 Å². The number of carbonyl (C=O) groups is 1. The number of unbranched alkanes of at least 4 members (excludes halogenated alkanes) is 1. The number of aromatic nitrogens is 1. The average molecular weight is 350 g/mol. The Hall–Kier alpha value is -2.75. The molecule has 0 bridgehead atoms. The van der Waals surface area contributed by atoms with Gasteiger partial charge in [-0.25, -0.2) is 4.79 Å². The number of amides is 1. The Morgan fingerprint density at radius 2 is 1.96 bits per heavy atom. The van der Waals surface area contributed by atoms with Crippen molar-refractivity contribution in [2.75, 3.05) is 6.61 Å². The van der Waals surface area contributed by atoms with Crippen molar-refractivity contribution < 1.29 is 9.53 Å². The number of hydrogen-bond donors (Lipinski definition) is 2. The van der Waals surface area contributed by atoms with Crippen molar-refractivity contribution in [3.63, 3.8) is 0 Å². The molecule has 0 aliphatic rings. The van der Waals surface area contributed by atoms with E-state index in [0.29, 0.717) is 13.2 Å². The average Bonchev–Trinajstić information content (AvgIpc) is 2.97. The first kappa shape index (κ1) is 18.1. The molecule has 2 N–H and O–H groups in total. The van der Waals surface area contributed by atoms with E-state index in [1.54, 1.807) is 0 Å². The molecule has 0 saturated carbocycles. The summed E-state index contributed by atoms with van der Waals surface area (Å²) in [5.41, 5.74) is 7.02. The van der Waals surface area contributed by atoms with E-state index in [9.17, 15) is 4.79 Å². The van der Waals surface area contributed by atoms with Gasteiger partial charge in [0.15, 0.2) is 0 Å². The molecule has 1 aromatic heterocycles. The number of benzene rings is 2. The molecule has 0 unspecified atom stereocenters. The molecule has 0 spiro atoms. The lowest BCUT2D eigenvalue weighted by molar-refractivity contribution is 0.144. The van der Waals surface area contributed by atoms with Gasteiger partial charge in [-0.15, -0.1) is 0 Å². The zero-order chi connectivity index (χ0) is 18.5. The van der Waals surface area contributed by atoms with Crippen LogP contribution < -0.4 is 5.32 Å². The number of nitrogens with one attached hydrogen (secondary N) is 2. The molecular formula is C22H26N2O2. The van der Waals surface area contributed by atoms with Gasteiger partial charge in [-0.3, -0.25) is 0 Å². The Morgan fingerprint density at radius 1 is 1.15 bits per heavy atom. The van der Waals surface area contributed by atoms with Gasteiger partial charge in [-0.05, 0) is 49.1 Å². The Balaban J connectivity index is 1.78. The van der Waals surface area contributed by atoms with E-state index in [-0.39, 0.29) is 6.09 Å². The molecule has 0 atom stereocenters. The highest BCUT2D eigenvalue weighted by Gasteiger charge is 2.12. The molecule has 2 aromatic carbocycles. The van der Waals surface area contributed by atoms with Crippen LogP contribution in [0.25, 0.3) is 22.2 Å². The highest BCUT2D eigenvalue weighted by atomic mass is 16.5. The SMILES string of the molecule is CCCCOC(=O)NCc1ccc2[nH]c(-c3ccccc3C)c(C)c2c1. The molecule has 3 aromatic rings. The van der Waals surface area contributed by atoms with Crippen LogP contribution in [0.1, 0.15) is 36.5 Å². The second-order valence-corrected chi connectivity index (χ2v) is 6.66. The summed E-state index contributed by atoms with van der Waals surface area (Å²) < 4.78 is 5.13. The maximum absolute atomic E-state index is 11.7. The van der Waals surface area contributed by atoms with Gasteiger partial charge < -0.3 is 15.0 Å². The van der Waals surface area contributed by atoms with Crippen LogP contribution in [-0.2, 0) is 11.3 Å². The van der Waals surface area contributed by atoms with Gasteiger partial charge in [0.25, 0.3) is 0 Å². The normalized spacial score (nSPS) is 10.9. The maximum atomic E-state index is 11.7. The smallest absolute Gasteiger partial charge is 0.407 e. The van der Waals surface area contributed by atoms with Crippen molar-refractivity contribution in [3.05, 3.63) is 59.2 Å². The predicted octanol–water partition coefficient (Wildman–Crippen LogP) is 5.48. The van der Waals surface area contributed by atoms with Crippen LogP contribution in [0.2, 0.25) is 0 Å². The summed E-state index contributed by atoms with van der Waals surface area (Å²) >= 11 is 0. The number of rotatable bonds is 6. The lowest BCUT2D eigenvalue weighted by atomic mass is 10.0. The van der Waals surface area contributed by atoms with E-state index in [4.69, 9.17) is 4.74 Å². The van der Waals surface area contributed by atoms with Crippen LogP contribution in [0.3, 0.4) is 0 Å². The van der Waals surface area contributed by atoms with Crippen LogP contribution >= 0.6 is 0 Å². The summed E-state index contributed by atoms with van der Waals surface area (Å²) in [6.45, 7) is 7.26. The molecule has 0 aliphatic heterocycles. The summed E-state index contributed by atoms with van der Waals surface area (Å²) in [4.78, 5) is 15.2. The minimum Gasteiger partial charge on any atom is -0.450 e. The van der Waals surface area contributed by atoms with E-state index in [2.05, 4.69) is 67.5 Å². The number of fused-ring (bicyclic) bond motifs is 1. The summed E-state index contributed by atoms with van der Waals surface area (Å²) in [6.07, 6.45) is 1.55. The number of hydrogen-bond acceptors (Lipinski definition) is 2. The van der Waals surface area contributed by atoms with Crippen LogP contribution in [-0.4, -0.2) is 17.7 Å².